The van der Waals surface area contributed by atoms with E-state index in [1.165, 1.54) is 41.9 Å². The van der Waals surface area contributed by atoms with Gasteiger partial charge in [-0.2, -0.15) is 0 Å². The molecule has 0 unspecified atom stereocenters. The Morgan fingerprint density at radius 1 is 1.18 bits per heavy atom. The van der Waals surface area contributed by atoms with Crippen LogP contribution in [0.5, 0.6) is 0 Å². The Morgan fingerprint density at radius 2 is 2.06 bits per heavy atom. The molecule has 0 amide bonds. The Kier molecular flexibility index (Phi) is 3.25. The average molecular weight is 242 g/mol. The highest BCUT2D eigenvalue weighted by Crippen LogP contribution is 2.25. The first-order valence-electron chi connectivity index (χ1n) is 6.19. The van der Waals surface area contributed by atoms with Crippen molar-refractivity contribution < 1.29 is 0 Å². The lowest BCUT2D eigenvalue weighted by Crippen LogP contribution is -2.18. The molecule has 1 saturated heterocycles. The van der Waals surface area contributed by atoms with Crippen molar-refractivity contribution in [2.75, 3.05) is 13.1 Å². The molecule has 1 radical (unpaired) electrons. The van der Waals surface area contributed by atoms with E-state index in [2.05, 4.69) is 40.6 Å². The minimum atomic E-state index is 1.10. The van der Waals surface area contributed by atoms with Gasteiger partial charge in [0.25, 0.3) is 0 Å². The van der Waals surface area contributed by atoms with Crippen LogP contribution in [0.25, 0.3) is 10.4 Å². The molecular formula is C15H16NS. The molecule has 1 fully saturated rings. The lowest BCUT2D eigenvalue weighted by molar-refractivity contribution is 0.331. The third-order valence-corrected chi connectivity index (χ3v) is 4.13. The first-order chi connectivity index (χ1) is 8.42. The molecule has 1 aromatic carbocycles. The van der Waals surface area contributed by atoms with E-state index >= 15 is 0 Å². The number of hydrogen-bond donors (Lipinski definition) is 0. The van der Waals surface area contributed by atoms with Crippen LogP contribution in [0.15, 0.2) is 36.4 Å². The first kappa shape index (κ1) is 11.0. The van der Waals surface area contributed by atoms with Crippen molar-refractivity contribution in [3.8, 4) is 10.4 Å². The molecule has 3 rings (SSSR count). The van der Waals surface area contributed by atoms with E-state index in [4.69, 9.17) is 0 Å². The van der Waals surface area contributed by atoms with Gasteiger partial charge in [-0.05, 0) is 55.3 Å². The van der Waals surface area contributed by atoms with Crippen LogP contribution in [0.1, 0.15) is 18.4 Å². The summed E-state index contributed by atoms with van der Waals surface area (Å²) in [6, 6.07) is 13.0. The second-order valence-corrected chi connectivity index (χ2v) is 5.48. The van der Waals surface area contributed by atoms with E-state index in [0.717, 1.165) is 6.54 Å². The van der Waals surface area contributed by atoms with Crippen LogP contribution in [0.3, 0.4) is 0 Å². The number of nitrogens with zero attached hydrogens (tertiary/aromatic N) is 1. The SMILES string of the molecule is [c]1ccc(-c2cccc(CN3CCCC3)c2)s1. The molecule has 2 heteroatoms. The van der Waals surface area contributed by atoms with Gasteiger partial charge in [-0.25, -0.2) is 0 Å². The number of rotatable bonds is 3. The van der Waals surface area contributed by atoms with Crippen molar-refractivity contribution >= 4 is 11.3 Å². The summed E-state index contributed by atoms with van der Waals surface area (Å²) < 4.78 is 0. The standard InChI is InChI=1S/C15H16NS/c1-2-9-16(8-1)12-13-5-3-6-14(11-13)15-7-4-10-17-15/h3-7,11H,1-2,8-9,12H2. The van der Waals surface area contributed by atoms with Crippen LogP contribution in [-0.4, -0.2) is 18.0 Å². The number of likely N-dealkylation sites (tertiary alicyclic amines) is 1. The van der Waals surface area contributed by atoms with Gasteiger partial charge in [-0.15, -0.1) is 11.3 Å². The highest BCUT2D eigenvalue weighted by Gasteiger charge is 2.11. The van der Waals surface area contributed by atoms with Crippen molar-refractivity contribution in [2.24, 2.45) is 0 Å². The maximum Gasteiger partial charge on any atom is 0.0449 e. The fourth-order valence-corrected chi connectivity index (χ4v) is 3.06. The molecule has 1 aromatic heterocycles. The van der Waals surface area contributed by atoms with Crippen LogP contribution in [-0.2, 0) is 6.54 Å². The Bertz CT molecular complexity index is 469. The summed E-state index contributed by atoms with van der Waals surface area (Å²) in [5.74, 6) is 0. The van der Waals surface area contributed by atoms with Gasteiger partial charge in [-0.1, -0.05) is 18.2 Å². The molecule has 1 nitrogen and oxygen atoms in total. The zero-order valence-corrected chi connectivity index (χ0v) is 10.7. The molecule has 0 aliphatic carbocycles. The lowest BCUT2D eigenvalue weighted by Gasteiger charge is -2.14. The summed E-state index contributed by atoms with van der Waals surface area (Å²) in [4.78, 5) is 3.85. The van der Waals surface area contributed by atoms with E-state index < -0.39 is 0 Å². The predicted octanol–water partition coefficient (Wildman–Crippen LogP) is 3.81. The average Bonchev–Trinajstić information content (AvgIpc) is 3.01. The third-order valence-electron chi connectivity index (χ3n) is 3.29. The second-order valence-electron chi connectivity index (χ2n) is 4.60. The second kappa shape index (κ2) is 5.03. The molecule has 17 heavy (non-hydrogen) atoms. The summed E-state index contributed by atoms with van der Waals surface area (Å²) in [6.07, 6.45) is 2.72. The fourth-order valence-electron chi connectivity index (χ4n) is 2.42. The number of hydrogen-bond acceptors (Lipinski definition) is 2. The Morgan fingerprint density at radius 3 is 2.82 bits per heavy atom. The molecule has 0 N–H and O–H groups in total. The number of thiophene rings is 1. The summed E-state index contributed by atoms with van der Waals surface area (Å²) in [7, 11) is 0. The summed E-state index contributed by atoms with van der Waals surface area (Å²) in [5.41, 5.74) is 2.76. The maximum atomic E-state index is 3.15. The van der Waals surface area contributed by atoms with Gasteiger partial charge < -0.3 is 0 Å². The highest BCUT2D eigenvalue weighted by atomic mass is 32.1. The van der Waals surface area contributed by atoms with Gasteiger partial charge in [0.1, 0.15) is 0 Å². The van der Waals surface area contributed by atoms with Gasteiger partial charge in [0.05, 0.1) is 0 Å². The van der Waals surface area contributed by atoms with Crippen LogP contribution >= 0.6 is 11.3 Å². The van der Waals surface area contributed by atoms with Crippen LogP contribution in [0.2, 0.25) is 0 Å². The van der Waals surface area contributed by atoms with Gasteiger partial charge in [-0.3, -0.25) is 4.90 Å². The van der Waals surface area contributed by atoms with E-state index in [1.54, 1.807) is 11.3 Å². The molecular weight excluding hydrogens is 226 g/mol. The maximum absolute atomic E-state index is 3.15. The zero-order chi connectivity index (χ0) is 11.5. The first-order valence-corrected chi connectivity index (χ1v) is 7.01. The molecule has 0 bridgehead atoms. The topological polar surface area (TPSA) is 3.24 Å². The summed E-state index contributed by atoms with van der Waals surface area (Å²) in [5, 5.41) is 3.15. The van der Waals surface area contributed by atoms with E-state index in [0.29, 0.717) is 0 Å². The molecule has 87 valence electrons. The minimum Gasteiger partial charge on any atom is -0.299 e. The van der Waals surface area contributed by atoms with Gasteiger partial charge in [0.15, 0.2) is 0 Å². The van der Waals surface area contributed by atoms with E-state index in [9.17, 15) is 0 Å². The molecule has 1 aliphatic rings. The van der Waals surface area contributed by atoms with Crippen molar-refractivity contribution in [1.82, 2.24) is 4.90 Å². The zero-order valence-electron chi connectivity index (χ0n) is 9.86. The van der Waals surface area contributed by atoms with Crippen LogP contribution in [0.4, 0.5) is 0 Å². The molecule has 1 aliphatic heterocycles. The lowest BCUT2D eigenvalue weighted by atomic mass is 10.1. The fraction of sp³-hybridized carbons (Fsp3) is 0.333. The molecule has 0 saturated carbocycles. The summed E-state index contributed by atoms with van der Waals surface area (Å²) >= 11 is 1.69. The Hall–Kier alpha value is -1.12. The van der Waals surface area contributed by atoms with Gasteiger partial charge in [0.2, 0.25) is 0 Å². The van der Waals surface area contributed by atoms with Crippen LogP contribution < -0.4 is 0 Å². The van der Waals surface area contributed by atoms with Gasteiger partial charge >= 0.3 is 0 Å². The molecule has 0 spiro atoms. The smallest absolute Gasteiger partial charge is 0.0449 e. The van der Waals surface area contributed by atoms with Crippen LogP contribution in [0, 0.1) is 5.38 Å². The Balaban J connectivity index is 1.79. The van der Waals surface area contributed by atoms with Crippen molar-refractivity contribution in [2.45, 2.75) is 19.4 Å². The van der Waals surface area contributed by atoms with Crippen molar-refractivity contribution in [3.63, 3.8) is 0 Å². The number of benzene rings is 1. The van der Waals surface area contributed by atoms with E-state index in [-0.39, 0.29) is 0 Å². The van der Waals surface area contributed by atoms with E-state index in [1.807, 2.05) is 6.07 Å². The minimum absolute atomic E-state index is 1.10. The van der Waals surface area contributed by atoms with Crippen molar-refractivity contribution in [1.29, 1.82) is 0 Å². The molecule has 2 heterocycles. The quantitative estimate of drug-likeness (QED) is 0.791. The Labute approximate surface area is 107 Å². The normalized spacial score (nSPS) is 16.5. The van der Waals surface area contributed by atoms with Crippen molar-refractivity contribution in [3.05, 3.63) is 47.3 Å². The van der Waals surface area contributed by atoms with Gasteiger partial charge in [0, 0.05) is 16.8 Å². The molecule has 0 atom stereocenters. The monoisotopic (exact) mass is 242 g/mol. The molecule has 2 aromatic rings. The largest absolute Gasteiger partial charge is 0.299 e. The summed E-state index contributed by atoms with van der Waals surface area (Å²) in [6.45, 7) is 3.62. The highest BCUT2D eigenvalue weighted by molar-refractivity contribution is 7.13. The third kappa shape index (κ3) is 2.59. The predicted molar refractivity (Wildman–Crippen MR) is 73.1 cm³/mol.